The Bertz CT molecular complexity index is 429. The van der Waals surface area contributed by atoms with E-state index in [1.54, 1.807) is 0 Å². The van der Waals surface area contributed by atoms with Gasteiger partial charge in [-0.2, -0.15) is 0 Å². The van der Waals surface area contributed by atoms with Gasteiger partial charge in [0.25, 0.3) is 0 Å². The minimum absolute atomic E-state index is 0.158. The number of hydrogen-bond donors (Lipinski definition) is 1. The van der Waals surface area contributed by atoms with Crippen molar-refractivity contribution in [2.45, 2.75) is 58.2 Å². The van der Waals surface area contributed by atoms with Crippen molar-refractivity contribution in [2.24, 2.45) is 0 Å². The number of hydrogen-bond acceptors (Lipinski definition) is 3. The molecule has 0 heterocycles. The van der Waals surface area contributed by atoms with Crippen LogP contribution in [0.4, 0.5) is 0 Å². The summed E-state index contributed by atoms with van der Waals surface area (Å²) in [5, 5.41) is 10.3. The molecule has 0 aliphatic heterocycles. The first-order valence-electron chi connectivity index (χ1n) is 8.84. The highest BCUT2D eigenvalue weighted by molar-refractivity contribution is 5.31. The summed E-state index contributed by atoms with van der Waals surface area (Å²) in [5.74, 6) is 0. The summed E-state index contributed by atoms with van der Waals surface area (Å²) < 4.78 is 6.05. The maximum atomic E-state index is 10.3. The van der Waals surface area contributed by atoms with Crippen molar-refractivity contribution in [2.75, 3.05) is 26.2 Å². The average molecular weight is 305 g/mol. The Morgan fingerprint density at radius 2 is 1.95 bits per heavy atom. The van der Waals surface area contributed by atoms with E-state index >= 15 is 0 Å². The predicted molar refractivity (Wildman–Crippen MR) is 91.1 cm³/mol. The fourth-order valence-corrected chi connectivity index (χ4v) is 3.39. The van der Waals surface area contributed by atoms with E-state index in [-0.39, 0.29) is 6.10 Å². The largest absolute Gasteiger partial charge is 0.389 e. The smallest absolute Gasteiger partial charge is 0.0900 e. The molecule has 0 radical (unpaired) electrons. The van der Waals surface area contributed by atoms with Crippen LogP contribution in [0.2, 0.25) is 0 Å². The second-order valence-corrected chi connectivity index (χ2v) is 6.37. The van der Waals surface area contributed by atoms with Crippen LogP contribution in [-0.4, -0.2) is 42.4 Å². The maximum absolute atomic E-state index is 10.3. The molecule has 1 aliphatic rings. The lowest BCUT2D eigenvalue weighted by Crippen LogP contribution is -2.36. The van der Waals surface area contributed by atoms with Crippen LogP contribution in [0.25, 0.3) is 0 Å². The average Bonchev–Trinajstić information content (AvgIpc) is 2.53. The summed E-state index contributed by atoms with van der Waals surface area (Å²) in [5.41, 5.74) is 2.73. The maximum Gasteiger partial charge on any atom is 0.0900 e. The van der Waals surface area contributed by atoms with Gasteiger partial charge in [0.1, 0.15) is 0 Å². The summed E-state index contributed by atoms with van der Waals surface area (Å²) in [6.45, 7) is 7.63. The van der Waals surface area contributed by atoms with Crippen LogP contribution in [0.5, 0.6) is 0 Å². The first-order valence-corrected chi connectivity index (χ1v) is 8.84. The Balaban J connectivity index is 1.82. The van der Waals surface area contributed by atoms with Crippen molar-refractivity contribution in [3.05, 3.63) is 35.4 Å². The topological polar surface area (TPSA) is 32.7 Å². The highest BCUT2D eigenvalue weighted by atomic mass is 16.5. The normalized spacial score (nSPS) is 19.2. The fraction of sp³-hybridized carbons (Fsp3) is 0.684. The highest BCUT2D eigenvalue weighted by Gasteiger charge is 2.21. The number of aryl methyl sites for hydroxylation is 1. The number of fused-ring (bicyclic) bond motifs is 1. The monoisotopic (exact) mass is 305 g/mol. The van der Waals surface area contributed by atoms with Gasteiger partial charge in [0.2, 0.25) is 0 Å². The molecule has 0 saturated carbocycles. The zero-order valence-electron chi connectivity index (χ0n) is 14.1. The van der Waals surface area contributed by atoms with Gasteiger partial charge >= 0.3 is 0 Å². The second-order valence-electron chi connectivity index (χ2n) is 6.37. The van der Waals surface area contributed by atoms with Crippen LogP contribution >= 0.6 is 0 Å². The summed E-state index contributed by atoms with van der Waals surface area (Å²) in [6.07, 6.45) is 5.41. The van der Waals surface area contributed by atoms with Gasteiger partial charge in [-0.05, 0) is 56.3 Å². The molecule has 0 amide bonds. The van der Waals surface area contributed by atoms with Gasteiger partial charge in [-0.25, -0.2) is 0 Å². The Labute approximate surface area is 135 Å². The zero-order chi connectivity index (χ0) is 15.8. The summed E-state index contributed by atoms with van der Waals surface area (Å²) in [6, 6.07) is 8.56. The Hall–Kier alpha value is -0.900. The van der Waals surface area contributed by atoms with Crippen molar-refractivity contribution < 1.29 is 9.84 Å². The predicted octanol–water partition coefficient (Wildman–Crippen LogP) is 3.56. The molecule has 22 heavy (non-hydrogen) atoms. The SMILES string of the molecule is CCCN(CCC)C[C@H](O)CO[C@H]1CCCc2ccccc21. The van der Waals surface area contributed by atoms with Crippen LogP contribution < -0.4 is 0 Å². The van der Waals surface area contributed by atoms with Gasteiger partial charge in [0.05, 0.1) is 18.8 Å². The number of rotatable bonds is 9. The van der Waals surface area contributed by atoms with Crippen LogP contribution in [-0.2, 0) is 11.2 Å². The summed E-state index contributed by atoms with van der Waals surface area (Å²) in [4.78, 5) is 2.34. The third kappa shape index (κ3) is 5.08. The van der Waals surface area contributed by atoms with Crippen molar-refractivity contribution >= 4 is 0 Å². The Kier molecular flexibility index (Phi) is 7.37. The molecule has 2 atom stereocenters. The summed E-state index contributed by atoms with van der Waals surface area (Å²) in [7, 11) is 0. The fourth-order valence-electron chi connectivity index (χ4n) is 3.39. The minimum atomic E-state index is -0.396. The van der Waals surface area contributed by atoms with E-state index in [2.05, 4.69) is 43.0 Å². The third-order valence-corrected chi connectivity index (χ3v) is 4.35. The molecule has 0 spiro atoms. The standard InChI is InChI=1S/C19H31NO2/c1-3-12-20(13-4-2)14-17(21)15-22-19-11-7-9-16-8-5-6-10-18(16)19/h5-6,8,10,17,19,21H,3-4,7,9,11-15H2,1-2H3/t17-,19-/m0/s1. The third-order valence-electron chi connectivity index (χ3n) is 4.35. The molecule has 0 saturated heterocycles. The van der Waals surface area contributed by atoms with E-state index in [9.17, 15) is 5.11 Å². The molecule has 3 nitrogen and oxygen atoms in total. The molecule has 3 heteroatoms. The van der Waals surface area contributed by atoms with Crippen molar-refractivity contribution in [1.29, 1.82) is 0 Å². The molecular weight excluding hydrogens is 274 g/mol. The molecule has 124 valence electrons. The number of aliphatic hydroxyl groups is 1. The van der Waals surface area contributed by atoms with E-state index in [0.29, 0.717) is 6.61 Å². The Morgan fingerprint density at radius 1 is 1.23 bits per heavy atom. The molecule has 0 aromatic heterocycles. The summed E-state index contributed by atoms with van der Waals surface area (Å²) >= 11 is 0. The molecule has 1 N–H and O–H groups in total. The van der Waals surface area contributed by atoms with Crippen LogP contribution in [0, 0.1) is 0 Å². The van der Waals surface area contributed by atoms with Crippen molar-refractivity contribution in [3.8, 4) is 0 Å². The lowest BCUT2D eigenvalue weighted by molar-refractivity contribution is -0.0281. The van der Waals surface area contributed by atoms with Crippen LogP contribution in [0.15, 0.2) is 24.3 Å². The van der Waals surface area contributed by atoms with Crippen LogP contribution in [0.1, 0.15) is 56.8 Å². The number of benzene rings is 1. The van der Waals surface area contributed by atoms with E-state index in [4.69, 9.17) is 4.74 Å². The Morgan fingerprint density at radius 3 is 2.68 bits per heavy atom. The lowest BCUT2D eigenvalue weighted by Gasteiger charge is -2.28. The van der Waals surface area contributed by atoms with Crippen molar-refractivity contribution in [3.63, 3.8) is 0 Å². The molecule has 1 aliphatic carbocycles. The number of aliphatic hydroxyl groups excluding tert-OH is 1. The molecule has 0 fully saturated rings. The lowest BCUT2D eigenvalue weighted by atomic mass is 9.89. The van der Waals surface area contributed by atoms with E-state index in [0.717, 1.165) is 45.3 Å². The first kappa shape index (κ1) is 17.5. The highest BCUT2D eigenvalue weighted by Crippen LogP contribution is 2.32. The van der Waals surface area contributed by atoms with Gasteiger partial charge in [-0.1, -0.05) is 38.1 Å². The van der Waals surface area contributed by atoms with E-state index in [1.807, 2.05) is 0 Å². The molecule has 2 rings (SSSR count). The van der Waals surface area contributed by atoms with Crippen LogP contribution in [0.3, 0.4) is 0 Å². The molecule has 0 unspecified atom stereocenters. The van der Waals surface area contributed by atoms with Gasteiger partial charge in [0, 0.05) is 6.54 Å². The van der Waals surface area contributed by atoms with E-state index in [1.165, 1.54) is 17.5 Å². The molecular formula is C19H31NO2. The quantitative estimate of drug-likeness (QED) is 0.757. The van der Waals surface area contributed by atoms with Gasteiger partial charge in [-0.3, -0.25) is 0 Å². The minimum Gasteiger partial charge on any atom is -0.389 e. The number of ether oxygens (including phenoxy) is 1. The van der Waals surface area contributed by atoms with Gasteiger partial charge in [0.15, 0.2) is 0 Å². The molecule has 1 aromatic carbocycles. The van der Waals surface area contributed by atoms with E-state index < -0.39 is 6.10 Å². The van der Waals surface area contributed by atoms with Gasteiger partial charge in [-0.15, -0.1) is 0 Å². The second kappa shape index (κ2) is 9.29. The zero-order valence-corrected chi connectivity index (χ0v) is 14.1. The molecule has 1 aromatic rings. The number of nitrogens with zero attached hydrogens (tertiary/aromatic N) is 1. The van der Waals surface area contributed by atoms with Gasteiger partial charge < -0.3 is 14.7 Å². The first-order chi connectivity index (χ1) is 10.7. The van der Waals surface area contributed by atoms with Crippen molar-refractivity contribution in [1.82, 2.24) is 4.90 Å². The molecule has 0 bridgehead atoms.